The molecule has 10 heterocycles. The van der Waals surface area contributed by atoms with Crippen molar-refractivity contribution in [1.82, 2.24) is 0 Å². The Kier molecular flexibility index (Phi) is 0.176. The van der Waals surface area contributed by atoms with E-state index in [4.69, 9.17) is 0 Å². The first-order chi connectivity index (χ1) is 7.44. The maximum absolute atomic E-state index is 3.09. The fraction of sp³-hybridized carbons (Fsp3) is 1.00. The maximum atomic E-state index is 2.65. The number of hydrogen-bond donors (Lipinski definition) is 0. The van der Waals surface area contributed by atoms with Crippen LogP contribution in [0.2, 0.25) is 44.1 Å². The molecule has 0 bridgehead atoms. The van der Waals surface area contributed by atoms with Gasteiger partial charge in [-0.2, -0.15) is 0 Å². The monoisotopic (exact) mass is 302 g/mol. The predicted molar refractivity (Wildman–Crippen MR) is 60.5 cm³/mol. The molecule has 10 saturated heterocycles. The van der Waals surface area contributed by atoms with Crippen LogP contribution >= 0.6 is 0 Å². The molecule has 10 fully saturated rings. The molecule has 16 heavy (non-hydrogen) atoms. The zero-order chi connectivity index (χ0) is 10.2. The summed E-state index contributed by atoms with van der Waals surface area (Å²) >= 11 is 0. The Hall–Kier alpha value is 0.623. The molecule has 0 saturated carbocycles. The number of fused-ring (bicyclic) bond motifs is 10. The van der Waals surface area contributed by atoms with Crippen LogP contribution in [0.3, 0.4) is 0 Å². The van der Waals surface area contributed by atoms with Crippen molar-refractivity contribution in [1.29, 1.82) is 0 Å². The van der Waals surface area contributed by atoms with Gasteiger partial charge < -0.3 is 0 Å². The summed E-state index contributed by atoms with van der Waals surface area (Å²) in [4.78, 5) is 0. The molecule has 0 aromatic rings. The number of rotatable bonds is 2. The average molecular weight is 301 g/mol. The summed E-state index contributed by atoms with van der Waals surface area (Å²) in [7, 11) is -3.09. The molecule has 0 nitrogen and oxygen atoms in total. The normalized spacial score (nSPS) is 131. The van der Waals surface area contributed by atoms with Crippen molar-refractivity contribution in [2.75, 3.05) is 0 Å². The fourth-order valence-electron chi connectivity index (χ4n) is 19.8. The molecule has 0 aliphatic carbocycles. The Morgan fingerprint density at radius 1 is 0.938 bits per heavy atom. The molecule has 0 radical (unpaired) electrons. The van der Waals surface area contributed by atoms with Crippen LogP contribution in [0.15, 0.2) is 0 Å². The van der Waals surface area contributed by atoms with E-state index < -0.39 is 7.72 Å². The summed E-state index contributed by atoms with van der Waals surface area (Å²) in [6.45, 7) is 7.91. The Balaban J connectivity index is 1.79. The van der Waals surface area contributed by atoms with Gasteiger partial charge in [-0.15, -0.1) is 0 Å². The van der Waals surface area contributed by atoms with E-state index in [-0.39, 0.29) is 0 Å². The van der Waals surface area contributed by atoms with Crippen LogP contribution in [-0.4, -0.2) is 0 Å². The van der Waals surface area contributed by atoms with Gasteiger partial charge in [-0.1, -0.05) is 0 Å². The van der Waals surface area contributed by atoms with Crippen molar-refractivity contribution < 1.29 is 7.72 Å². The summed E-state index contributed by atoms with van der Waals surface area (Å²) in [5.74, 6) is 1.12. The number of hydrogen-bond acceptors (Lipinski definition) is 0. The first-order valence-corrected chi connectivity index (χ1v) is 17.4. The van der Waals surface area contributed by atoms with E-state index in [0.717, 1.165) is 5.92 Å². The van der Waals surface area contributed by atoms with E-state index in [0.29, 0.717) is 0 Å². The van der Waals surface area contributed by atoms with Gasteiger partial charge in [-0.05, 0) is 0 Å². The molecule has 1 heteroatoms. The van der Waals surface area contributed by atoms with E-state index >= 15 is 0 Å². The molecule has 0 N–H and O–H groups in total. The first-order valence-electron chi connectivity index (χ1n) is 7.65. The van der Waals surface area contributed by atoms with Crippen molar-refractivity contribution in [3.63, 3.8) is 0 Å². The van der Waals surface area contributed by atoms with E-state index in [9.17, 15) is 0 Å². The molecule has 0 aromatic carbocycles. The van der Waals surface area contributed by atoms with Crippen LogP contribution in [-0.2, 0) is 7.72 Å². The van der Waals surface area contributed by atoms with Crippen molar-refractivity contribution in [2.24, 2.45) is 5.92 Å². The molecule has 10 rings (SSSR count). The Labute approximate surface area is 84.9 Å². The van der Waals surface area contributed by atoms with Crippen LogP contribution in [0.5, 0.6) is 0 Å². The van der Waals surface area contributed by atoms with Crippen molar-refractivity contribution in [3.8, 4) is 0 Å². The van der Waals surface area contributed by atoms with E-state index in [1.54, 1.807) is 6.42 Å². The topological polar surface area (TPSA) is 0 Å². The van der Waals surface area contributed by atoms with Crippen LogP contribution in [0, 0.1) is 5.92 Å². The predicted octanol–water partition coefficient (Wildman–Crippen LogP) is 5.18. The average Bonchev–Trinajstić information content (AvgIpc) is 3.22. The summed E-state index contributed by atoms with van der Waals surface area (Å²) in [5, 5.41) is 0. The molecule has 1 spiro atoms. The molecular weight excluding hydrogens is 281 g/mol. The molecule has 0 amide bonds. The van der Waals surface area contributed by atoms with Crippen LogP contribution < -0.4 is 0 Å². The molecule has 8 unspecified atom stereocenters. The molecule has 8 atom stereocenters. The Morgan fingerprint density at radius 2 is 1.44 bits per heavy atom. The quantitative estimate of drug-likeness (QED) is 0.616. The summed E-state index contributed by atoms with van der Waals surface area (Å²) in [6.07, 6.45) is 1.67. The van der Waals surface area contributed by atoms with Crippen molar-refractivity contribution in [2.45, 2.75) is 71.3 Å². The Bertz CT molecular complexity index is 961. The first kappa shape index (κ1) is 6.18. The van der Waals surface area contributed by atoms with E-state index in [1.807, 2.05) is 0 Å². The molecule has 88 valence electrons. The summed E-state index contributed by atoms with van der Waals surface area (Å²) < 4.78 is 14.6. The van der Waals surface area contributed by atoms with Gasteiger partial charge in [0.1, 0.15) is 0 Å². The molecule has 10 aliphatic heterocycles. The molecule has 0 aromatic heterocycles. The van der Waals surface area contributed by atoms with Gasteiger partial charge in [0, 0.05) is 0 Å². The van der Waals surface area contributed by atoms with E-state index in [2.05, 4.69) is 20.8 Å². The summed E-state index contributed by atoms with van der Waals surface area (Å²) in [6, 6.07) is 0. The minimum absolute atomic E-state index is 1.12. The van der Waals surface area contributed by atoms with Crippen LogP contribution in [0.25, 0.3) is 0 Å². The van der Waals surface area contributed by atoms with Crippen molar-refractivity contribution >= 4 is 0 Å². The van der Waals surface area contributed by atoms with Gasteiger partial charge in [-0.25, -0.2) is 0 Å². The third-order valence-electron chi connectivity index (χ3n) is 16.6. The van der Waals surface area contributed by atoms with Gasteiger partial charge in [0.15, 0.2) is 0 Å². The Morgan fingerprint density at radius 3 is 1.62 bits per heavy atom. The second kappa shape index (κ2) is 0.456. The van der Waals surface area contributed by atoms with Crippen LogP contribution in [0.4, 0.5) is 0 Å². The third-order valence-corrected chi connectivity index (χ3v) is 86.2. The zero-order valence-corrected chi connectivity index (χ0v) is 12.0. The van der Waals surface area contributed by atoms with Crippen LogP contribution in [0.1, 0.15) is 27.2 Å². The van der Waals surface area contributed by atoms with E-state index in [1.165, 1.54) is 44.1 Å². The fourth-order valence-corrected chi connectivity index (χ4v) is 162. The molecule has 10 aliphatic rings. The van der Waals surface area contributed by atoms with Gasteiger partial charge in [0.25, 0.3) is 0 Å². The van der Waals surface area contributed by atoms with Gasteiger partial charge in [-0.3, -0.25) is 0 Å². The SMILES string of the molecule is CC[C]12[CH]3[CH]4[CH]5[CH]1[Ru]45321678[CH]2[CH]1[CH]6[C]7(C(C)C)[CH]28. The van der Waals surface area contributed by atoms with Gasteiger partial charge >= 0.3 is 84.9 Å². The van der Waals surface area contributed by atoms with Gasteiger partial charge in [0.2, 0.25) is 0 Å². The second-order valence-corrected chi connectivity index (χ2v) is 48.3. The van der Waals surface area contributed by atoms with Gasteiger partial charge in [0.05, 0.1) is 0 Å². The molecular formula is C15H20Ru. The zero-order valence-electron chi connectivity index (χ0n) is 10.3. The third kappa shape index (κ3) is 0.0489. The minimum atomic E-state index is -3.09. The summed E-state index contributed by atoms with van der Waals surface area (Å²) in [5.41, 5.74) is 0. The van der Waals surface area contributed by atoms with Crippen molar-refractivity contribution in [3.05, 3.63) is 0 Å². The standard InChI is InChI=1S/C8H11.C7H9.Ru/c1-7(2)8-5-3-4-6-8;1-2-7-5-3-4-6-7;/h3-7H,1-2H3;3-6H,2H2,1H3;. The second-order valence-electron chi connectivity index (χ2n) is 11.5.